The van der Waals surface area contributed by atoms with Crippen molar-refractivity contribution in [2.24, 2.45) is 5.73 Å². The minimum absolute atomic E-state index is 0.176. The number of carbonyl (C=O) groups excluding carboxylic acids is 3. The summed E-state index contributed by atoms with van der Waals surface area (Å²) in [4.78, 5) is 41.1. The van der Waals surface area contributed by atoms with E-state index < -0.39 is 24.1 Å². The summed E-state index contributed by atoms with van der Waals surface area (Å²) in [5.41, 5.74) is 8.46. The lowest BCUT2D eigenvalue weighted by Gasteiger charge is -2.48. The summed E-state index contributed by atoms with van der Waals surface area (Å²) in [6.45, 7) is 0. The number of fused-ring (bicyclic) bond motifs is 1. The molecule has 2 aromatic carbocycles. The summed E-state index contributed by atoms with van der Waals surface area (Å²) in [6, 6.07) is 21.7. The van der Waals surface area contributed by atoms with E-state index in [2.05, 4.69) is 0 Å². The molecule has 0 bridgehead atoms. The Kier molecular flexibility index (Phi) is 6.46. The summed E-state index contributed by atoms with van der Waals surface area (Å²) >= 11 is 2.70. The Hall–Kier alpha value is -3.40. The van der Waals surface area contributed by atoms with Crippen molar-refractivity contribution in [3.8, 4) is 0 Å². The second kappa shape index (κ2) is 9.69. The van der Waals surface area contributed by atoms with Crippen LogP contribution in [0.5, 0.6) is 0 Å². The van der Waals surface area contributed by atoms with E-state index in [0.29, 0.717) is 21.1 Å². The Labute approximate surface area is 210 Å². The predicted molar refractivity (Wildman–Crippen MR) is 134 cm³/mol. The highest BCUT2D eigenvalue weighted by atomic mass is 32.2. The Morgan fingerprint density at radius 1 is 0.971 bits per heavy atom. The predicted octanol–water partition coefficient (Wildman–Crippen LogP) is 3.82. The highest BCUT2D eigenvalue weighted by Crippen LogP contribution is 2.45. The zero-order chi connectivity index (χ0) is 24.5. The summed E-state index contributed by atoms with van der Waals surface area (Å²) in [7, 11) is 1.32. The van der Waals surface area contributed by atoms with Gasteiger partial charge in [0.2, 0.25) is 5.91 Å². The van der Waals surface area contributed by atoms with Gasteiger partial charge in [-0.3, -0.25) is 9.69 Å². The first-order valence-electron chi connectivity index (χ1n) is 10.9. The quantitative estimate of drug-likeness (QED) is 0.401. The summed E-state index contributed by atoms with van der Waals surface area (Å²) in [5, 5.41) is -0.333. The second-order valence-electron chi connectivity index (χ2n) is 8.02. The highest BCUT2D eigenvalue weighted by molar-refractivity contribution is 8.00. The van der Waals surface area contributed by atoms with Gasteiger partial charge in [-0.25, -0.2) is 9.59 Å². The molecule has 9 heteroatoms. The standard InChI is InChI=1S/C26H22N2O5S2/c1-32-25(30)19-13-12-18(35-19)17-14-34-24-20(27)23(29)28(24)21(17)26(31)33-22(15-8-4-2-5-9-15)16-10-6-3-7-11-16/h2-13,20,22,24H,14,27H2,1H3/t20-,24-/m1/s1. The number of rotatable bonds is 6. The molecule has 1 amide bonds. The maximum Gasteiger partial charge on any atom is 0.356 e. The highest BCUT2D eigenvalue weighted by Gasteiger charge is 2.52. The lowest BCUT2D eigenvalue weighted by molar-refractivity contribution is -0.152. The van der Waals surface area contributed by atoms with E-state index in [4.69, 9.17) is 15.2 Å². The molecule has 2 aliphatic rings. The van der Waals surface area contributed by atoms with Crippen molar-refractivity contribution in [1.82, 2.24) is 4.90 Å². The molecular weight excluding hydrogens is 484 g/mol. The molecule has 3 heterocycles. The lowest BCUT2D eigenvalue weighted by Crippen LogP contribution is -2.68. The number of thioether (sulfide) groups is 1. The SMILES string of the molecule is COC(=O)c1ccc(C2=C(C(=O)OC(c3ccccc3)c3ccccc3)N3C(=O)[C@@H](N)[C@H]3SC2)s1. The van der Waals surface area contributed by atoms with E-state index in [1.165, 1.54) is 35.1 Å². The topological polar surface area (TPSA) is 98.9 Å². The third kappa shape index (κ3) is 4.27. The number of ether oxygens (including phenoxy) is 2. The molecule has 0 saturated carbocycles. The molecule has 0 aliphatic carbocycles. The number of hydrogen-bond acceptors (Lipinski definition) is 8. The van der Waals surface area contributed by atoms with Crippen LogP contribution in [0.2, 0.25) is 0 Å². The molecule has 2 atom stereocenters. The maximum absolute atomic E-state index is 13.8. The Morgan fingerprint density at radius 3 is 2.20 bits per heavy atom. The Morgan fingerprint density at radius 2 is 1.60 bits per heavy atom. The smallest absolute Gasteiger partial charge is 0.356 e. The monoisotopic (exact) mass is 506 g/mol. The van der Waals surface area contributed by atoms with Crippen LogP contribution in [0, 0.1) is 0 Å². The van der Waals surface area contributed by atoms with Crippen molar-refractivity contribution in [2.45, 2.75) is 17.5 Å². The molecule has 0 unspecified atom stereocenters. The fourth-order valence-corrected chi connectivity index (χ4v) is 6.52. The maximum atomic E-state index is 13.8. The zero-order valence-corrected chi connectivity index (χ0v) is 20.4. The Bertz CT molecular complexity index is 1270. The second-order valence-corrected chi connectivity index (χ2v) is 10.2. The van der Waals surface area contributed by atoms with E-state index >= 15 is 0 Å². The molecule has 0 radical (unpaired) electrons. The third-order valence-corrected chi connectivity index (χ3v) is 8.35. The van der Waals surface area contributed by atoms with Crippen LogP contribution in [0.25, 0.3) is 5.57 Å². The van der Waals surface area contributed by atoms with Gasteiger partial charge in [0.15, 0.2) is 6.10 Å². The Balaban J connectivity index is 1.56. The van der Waals surface area contributed by atoms with Crippen LogP contribution in [-0.2, 0) is 19.1 Å². The molecule has 2 aliphatic heterocycles. The molecule has 1 saturated heterocycles. The van der Waals surface area contributed by atoms with Gasteiger partial charge in [-0.05, 0) is 23.3 Å². The van der Waals surface area contributed by atoms with Crippen LogP contribution < -0.4 is 5.73 Å². The molecule has 0 spiro atoms. The van der Waals surface area contributed by atoms with E-state index in [-0.39, 0.29) is 17.0 Å². The van der Waals surface area contributed by atoms with E-state index in [1.807, 2.05) is 60.7 Å². The first-order chi connectivity index (χ1) is 17.0. The lowest BCUT2D eigenvalue weighted by atomic mass is 10.0. The van der Waals surface area contributed by atoms with E-state index in [1.54, 1.807) is 12.1 Å². The largest absolute Gasteiger partial charge is 0.465 e. The molecular formula is C26H22N2O5S2. The number of esters is 2. The molecule has 2 N–H and O–H groups in total. The molecule has 1 aromatic heterocycles. The summed E-state index contributed by atoms with van der Waals surface area (Å²) in [6.07, 6.45) is -0.661. The van der Waals surface area contributed by atoms with Crippen molar-refractivity contribution < 1.29 is 23.9 Å². The first-order valence-corrected chi connectivity index (χ1v) is 12.8. The number of amides is 1. The van der Waals surface area contributed by atoms with E-state index in [9.17, 15) is 14.4 Å². The van der Waals surface area contributed by atoms with E-state index in [0.717, 1.165) is 11.1 Å². The third-order valence-electron chi connectivity index (χ3n) is 5.92. The van der Waals surface area contributed by atoms with Gasteiger partial charge in [-0.15, -0.1) is 23.1 Å². The van der Waals surface area contributed by atoms with Crippen molar-refractivity contribution >= 4 is 46.5 Å². The molecule has 5 rings (SSSR count). The molecule has 35 heavy (non-hydrogen) atoms. The first kappa shape index (κ1) is 23.3. The average molecular weight is 507 g/mol. The van der Waals surface area contributed by atoms with Gasteiger partial charge in [0.25, 0.3) is 0 Å². The van der Waals surface area contributed by atoms with Gasteiger partial charge >= 0.3 is 11.9 Å². The average Bonchev–Trinajstić information content (AvgIpc) is 3.41. The number of hydrogen-bond donors (Lipinski definition) is 1. The van der Waals surface area contributed by atoms with Gasteiger partial charge in [0, 0.05) is 16.2 Å². The van der Waals surface area contributed by atoms with Crippen LogP contribution in [0.4, 0.5) is 0 Å². The van der Waals surface area contributed by atoms with Crippen LogP contribution in [0.15, 0.2) is 78.5 Å². The summed E-state index contributed by atoms with van der Waals surface area (Å²) < 4.78 is 10.9. The fraction of sp³-hybridized carbons (Fsp3) is 0.192. The number of benzene rings is 2. The van der Waals surface area contributed by atoms with Crippen LogP contribution in [0.1, 0.15) is 31.8 Å². The zero-order valence-electron chi connectivity index (χ0n) is 18.7. The van der Waals surface area contributed by atoms with Gasteiger partial charge < -0.3 is 15.2 Å². The fourth-order valence-electron chi connectivity index (χ4n) is 4.15. The van der Waals surface area contributed by atoms with Crippen LogP contribution in [0.3, 0.4) is 0 Å². The molecule has 3 aromatic rings. The minimum atomic E-state index is -0.669. The van der Waals surface area contributed by atoms with Crippen molar-refractivity contribution in [3.63, 3.8) is 0 Å². The normalized spacial score (nSPS) is 19.3. The summed E-state index contributed by atoms with van der Waals surface area (Å²) in [5.74, 6) is -0.944. The van der Waals surface area contributed by atoms with Crippen molar-refractivity contribution in [3.05, 3.63) is 99.4 Å². The number of β-lactam (4-membered cyclic amide) rings is 1. The van der Waals surface area contributed by atoms with Gasteiger partial charge in [-0.2, -0.15) is 0 Å². The molecule has 178 valence electrons. The number of thiophene rings is 1. The van der Waals surface area contributed by atoms with Crippen molar-refractivity contribution in [2.75, 3.05) is 12.9 Å². The van der Waals surface area contributed by atoms with Gasteiger partial charge in [0.1, 0.15) is 22.0 Å². The molecule has 1 fully saturated rings. The molecule has 7 nitrogen and oxygen atoms in total. The minimum Gasteiger partial charge on any atom is -0.465 e. The number of carbonyl (C=O) groups is 3. The number of nitrogens with zero attached hydrogens (tertiary/aromatic N) is 1. The van der Waals surface area contributed by atoms with Crippen LogP contribution in [-0.4, -0.2) is 47.0 Å². The van der Waals surface area contributed by atoms with Crippen molar-refractivity contribution in [1.29, 1.82) is 0 Å². The van der Waals surface area contributed by atoms with Gasteiger partial charge in [0.05, 0.1) is 7.11 Å². The number of methoxy groups -OCH3 is 1. The van der Waals surface area contributed by atoms with Crippen LogP contribution >= 0.6 is 23.1 Å². The number of nitrogens with two attached hydrogens (primary N) is 1. The van der Waals surface area contributed by atoms with Gasteiger partial charge in [-0.1, -0.05) is 60.7 Å².